The molecular weight excluding hydrogens is 548 g/mol. The number of carboxylic acids is 1. The maximum atomic E-state index is 14.6. The first kappa shape index (κ1) is 28.1. The number of aliphatic carboxylic acids is 1. The lowest BCUT2D eigenvalue weighted by molar-refractivity contribution is -0.139. The van der Waals surface area contributed by atoms with Gasteiger partial charge >= 0.3 is 5.97 Å². The summed E-state index contributed by atoms with van der Waals surface area (Å²) < 4.78 is 52.1. The number of hydrogen-bond donors (Lipinski definition) is 2. The van der Waals surface area contributed by atoms with Crippen molar-refractivity contribution in [3.8, 4) is 17.2 Å². The van der Waals surface area contributed by atoms with Crippen LogP contribution >= 0.6 is 11.6 Å². The van der Waals surface area contributed by atoms with Crippen molar-refractivity contribution in [3.63, 3.8) is 0 Å². The van der Waals surface area contributed by atoms with E-state index in [-0.39, 0.29) is 12.0 Å². The predicted octanol–water partition coefficient (Wildman–Crippen LogP) is 5.04. The highest BCUT2D eigenvalue weighted by atomic mass is 35.5. The zero-order chi connectivity index (χ0) is 28.3. The van der Waals surface area contributed by atoms with Gasteiger partial charge in [0.05, 0.1) is 22.9 Å². The van der Waals surface area contributed by atoms with Gasteiger partial charge in [0.2, 0.25) is 0 Å². The van der Waals surface area contributed by atoms with Crippen molar-refractivity contribution in [2.75, 3.05) is 6.26 Å². The molecule has 2 N–H and O–H groups in total. The van der Waals surface area contributed by atoms with Crippen LogP contribution in [-0.2, 0) is 33.4 Å². The van der Waals surface area contributed by atoms with Gasteiger partial charge in [0.25, 0.3) is 0 Å². The second-order valence-electron chi connectivity index (χ2n) is 9.06. The van der Waals surface area contributed by atoms with Gasteiger partial charge in [0.1, 0.15) is 17.7 Å². The lowest BCUT2D eigenvalue weighted by atomic mass is 9.94. The highest BCUT2D eigenvalue weighted by Crippen LogP contribution is 2.34. The first-order valence-electron chi connectivity index (χ1n) is 11.6. The minimum absolute atomic E-state index is 0.0195. The summed E-state index contributed by atoms with van der Waals surface area (Å²) >= 11 is 6.42. The third-order valence-electron chi connectivity index (χ3n) is 6.13. The molecule has 0 amide bonds. The van der Waals surface area contributed by atoms with Crippen molar-refractivity contribution in [2.24, 2.45) is 0 Å². The van der Waals surface area contributed by atoms with Crippen molar-refractivity contribution in [1.29, 1.82) is 5.26 Å². The molecule has 0 fully saturated rings. The molecule has 0 saturated heterocycles. The topological polar surface area (TPSA) is 120 Å². The zero-order valence-electron chi connectivity index (χ0n) is 20.6. The van der Waals surface area contributed by atoms with E-state index in [0.717, 1.165) is 18.4 Å². The second kappa shape index (κ2) is 11.5. The summed E-state index contributed by atoms with van der Waals surface area (Å²) in [6.07, 6.45) is 2.54. The molecule has 11 heteroatoms. The Hall–Kier alpha value is -3.91. The number of halogens is 3. The molecule has 1 aromatic heterocycles. The summed E-state index contributed by atoms with van der Waals surface area (Å²) in [5, 5.41) is 22.7. The third kappa shape index (κ3) is 6.57. The molecule has 200 valence electrons. The van der Waals surface area contributed by atoms with E-state index in [1.165, 1.54) is 0 Å². The smallest absolute Gasteiger partial charge is 0.321 e. The Bertz CT molecular complexity index is 1720. The molecule has 0 radical (unpaired) electrons. The van der Waals surface area contributed by atoms with Crippen LogP contribution in [-0.4, -0.2) is 36.8 Å². The Morgan fingerprint density at radius 3 is 2.44 bits per heavy atom. The monoisotopic (exact) mass is 569 g/mol. The van der Waals surface area contributed by atoms with Crippen LogP contribution in [0.25, 0.3) is 22.0 Å². The number of pyridine rings is 1. The standard InChI is InChI=1S/C28H22ClF2N3O4S/c1-39(37,38)15-17-10-24(30)22(25(31)11-17)14-34-26(28(35)36)12-18-5-7-21(27-19(18)3-2-8-33-27)20-6-4-16(13-32)9-23(20)29/h2-11,26,34H,12,14-15H2,1H3,(H,35,36)/t26-/m0/s1. The van der Waals surface area contributed by atoms with Crippen LogP contribution in [0.4, 0.5) is 8.78 Å². The van der Waals surface area contributed by atoms with Crippen molar-refractivity contribution < 1.29 is 27.1 Å². The lowest BCUT2D eigenvalue weighted by Crippen LogP contribution is -2.38. The molecule has 1 heterocycles. The van der Waals surface area contributed by atoms with E-state index in [4.69, 9.17) is 16.9 Å². The number of nitrogens with one attached hydrogen (secondary N) is 1. The van der Waals surface area contributed by atoms with E-state index in [0.29, 0.717) is 38.2 Å². The van der Waals surface area contributed by atoms with Gasteiger partial charge in [-0.2, -0.15) is 5.26 Å². The molecule has 0 bridgehead atoms. The Morgan fingerprint density at radius 1 is 1.13 bits per heavy atom. The van der Waals surface area contributed by atoms with Crippen molar-refractivity contribution in [3.05, 3.63) is 99.7 Å². The van der Waals surface area contributed by atoms with Gasteiger partial charge < -0.3 is 5.11 Å². The highest BCUT2D eigenvalue weighted by molar-refractivity contribution is 7.89. The van der Waals surface area contributed by atoms with Crippen molar-refractivity contribution in [1.82, 2.24) is 10.3 Å². The summed E-state index contributed by atoms with van der Waals surface area (Å²) in [5.74, 6) is -3.68. The second-order valence-corrected chi connectivity index (χ2v) is 11.6. The molecule has 0 aliphatic carbocycles. The van der Waals surface area contributed by atoms with E-state index < -0.39 is 51.3 Å². The Labute approximate surface area is 228 Å². The van der Waals surface area contributed by atoms with Crippen LogP contribution in [0.5, 0.6) is 0 Å². The number of carbonyl (C=O) groups is 1. The van der Waals surface area contributed by atoms with E-state index in [2.05, 4.69) is 10.3 Å². The molecule has 1 atom stereocenters. The van der Waals surface area contributed by atoms with Crippen molar-refractivity contribution in [2.45, 2.75) is 24.8 Å². The fraction of sp³-hybridized carbons (Fsp3) is 0.179. The molecule has 4 rings (SSSR count). The summed E-state index contributed by atoms with van der Waals surface area (Å²) in [6, 6.07) is 14.6. The molecule has 4 aromatic rings. The number of carboxylic acid groups (broad SMARTS) is 1. The number of benzene rings is 3. The Morgan fingerprint density at radius 2 is 1.82 bits per heavy atom. The molecule has 0 unspecified atom stereocenters. The van der Waals surface area contributed by atoms with Crippen LogP contribution in [0.15, 0.2) is 60.8 Å². The van der Waals surface area contributed by atoms with Crippen LogP contribution < -0.4 is 5.32 Å². The number of sulfone groups is 1. The van der Waals surface area contributed by atoms with Gasteiger partial charge in [0.15, 0.2) is 9.84 Å². The van der Waals surface area contributed by atoms with E-state index in [1.807, 2.05) is 6.07 Å². The Balaban J connectivity index is 1.62. The SMILES string of the molecule is CS(=O)(=O)Cc1cc(F)c(CN[C@@H](Cc2ccc(-c3ccc(C#N)cc3Cl)c3ncccc23)C(=O)O)c(F)c1. The quantitative estimate of drug-likeness (QED) is 0.290. The van der Waals surface area contributed by atoms with Gasteiger partial charge in [0, 0.05) is 46.1 Å². The average Bonchev–Trinajstić information content (AvgIpc) is 2.86. The summed E-state index contributed by atoms with van der Waals surface area (Å²) in [5.41, 5.74) is 2.54. The van der Waals surface area contributed by atoms with Gasteiger partial charge in [-0.1, -0.05) is 35.9 Å². The zero-order valence-corrected chi connectivity index (χ0v) is 22.2. The first-order chi connectivity index (χ1) is 18.5. The molecule has 7 nitrogen and oxygen atoms in total. The molecule has 39 heavy (non-hydrogen) atoms. The first-order valence-corrected chi connectivity index (χ1v) is 14.1. The highest BCUT2D eigenvalue weighted by Gasteiger charge is 2.22. The van der Waals surface area contributed by atoms with Crippen LogP contribution in [0.1, 0.15) is 22.3 Å². The largest absolute Gasteiger partial charge is 0.480 e. The lowest BCUT2D eigenvalue weighted by Gasteiger charge is -2.18. The minimum Gasteiger partial charge on any atom is -0.480 e. The maximum absolute atomic E-state index is 14.6. The summed E-state index contributed by atoms with van der Waals surface area (Å²) in [7, 11) is -3.49. The normalized spacial score (nSPS) is 12.3. The Kier molecular flexibility index (Phi) is 8.25. The van der Waals surface area contributed by atoms with Gasteiger partial charge in [-0.25, -0.2) is 17.2 Å². The fourth-order valence-electron chi connectivity index (χ4n) is 4.33. The van der Waals surface area contributed by atoms with Gasteiger partial charge in [-0.15, -0.1) is 0 Å². The minimum atomic E-state index is -3.49. The van der Waals surface area contributed by atoms with E-state index >= 15 is 0 Å². The maximum Gasteiger partial charge on any atom is 0.321 e. The van der Waals surface area contributed by atoms with Gasteiger partial charge in [-0.05, 0) is 47.9 Å². The van der Waals surface area contributed by atoms with Crippen LogP contribution in [0.2, 0.25) is 5.02 Å². The molecule has 3 aromatic carbocycles. The van der Waals surface area contributed by atoms with Crippen LogP contribution in [0.3, 0.4) is 0 Å². The van der Waals surface area contributed by atoms with Crippen LogP contribution in [0, 0.1) is 23.0 Å². The van der Waals surface area contributed by atoms with E-state index in [1.54, 1.807) is 48.7 Å². The number of nitriles is 1. The number of aromatic nitrogens is 1. The molecule has 0 saturated carbocycles. The molecule has 0 aliphatic rings. The van der Waals surface area contributed by atoms with E-state index in [9.17, 15) is 27.1 Å². The van der Waals surface area contributed by atoms with Gasteiger partial charge in [-0.3, -0.25) is 15.1 Å². The number of hydrogen-bond acceptors (Lipinski definition) is 6. The molecular formula is C28H22ClF2N3O4S. The average molecular weight is 570 g/mol. The predicted molar refractivity (Wildman–Crippen MR) is 144 cm³/mol. The molecule has 0 spiro atoms. The summed E-state index contributed by atoms with van der Waals surface area (Å²) in [6.45, 7) is -0.428. The number of rotatable bonds is 9. The third-order valence-corrected chi connectivity index (χ3v) is 7.30. The number of nitrogens with zero attached hydrogens (tertiary/aromatic N) is 2. The fourth-order valence-corrected chi connectivity index (χ4v) is 5.39. The van der Waals surface area contributed by atoms with Crippen molar-refractivity contribution >= 4 is 38.3 Å². The summed E-state index contributed by atoms with van der Waals surface area (Å²) in [4.78, 5) is 16.5. The molecule has 0 aliphatic heterocycles. The number of fused-ring (bicyclic) bond motifs is 1.